The lowest BCUT2D eigenvalue weighted by atomic mass is 10.2. The minimum absolute atomic E-state index is 0.0934. The van der Waals surface area contributed by atoms with Crippen LogP contribution in [0.4, 0.5) is 0 Å². The van der Waals surface area contributed by atoms with E-state index in [0.29, 0.717) is 6.54 Å². The summed E-state index contributed by atoms with van der Waals surface area (Å²) < 4.78 is 0. The molecule has 0 aromatic heterocycles. The molecule has 1 N–H and O–H groups in total. The van der Waals surface area contributed by atoms with E-state index >= 15 is 0 Å². The van der Waals surface area contributed by atoms with Crippen LogP contribution >= 0.6 is 0 Å². The lowest BCUT2D eigenvalue weighted by Crippen LogP contribution is -2.37. The zero-order chi connectivity index (χ0) is 14.1. The summed E-state index contributed by atoms with van der Waals surface area (Å²) in [4.78, 5) is 15.2. The molecule has 106 valence electrons. The van der Waals surface area contributed by atoms with Crippen molar-refractivity contribution in [1.82, 2.24) is 9.80 Å². The van der Waals surface area contributed by atoms with Crippen LogP contribution in [0.25, 0.3) is 0 Å². The van der Waals surface area contributed by atoms with Gasteiger partial charge in [-0.2, -0.15) is 0 Å². The molecule has 0 aliphatic rings. The number of carboxylic acids is 1. The van der Waals surface area contributed by atoms with Crippen molar-refractivity contribution >= 4 is 5.97 Å². The van der Waals surface area contributed by atoms with E-state index in [2.05, 4.69) is 18.7 Å². The smallest absolute Gasteiger partial charge is 0.317 e. The van der Waals surface area contributed by atoms with Gasteiger partial charge in [0.1, 0.15) is 0 Å². The Morgan fingerprint density at radius 1 is 1.05 bits per heavy atom. The summed E-state index contributed by atoms with van der Waals surface area (Å²) in [7, 11) is 0. The molecule has 0 unspecified atom stereocenters. The molecule has 0 saturated carbocycles. The molecule has 0 fully saturated rings. The maximum Gasteiger partial charge on any atom is 0.317 e. The average molecular weight is 264 g/mol. The molecule has 19 heavy (non-hydrogen) atoms. The molecule has 0 radical (unpaired) electrons. The van der Waals surface area contributed by atoms with E-state index in [0.717, 1.165) is 31.7 Å². The Morgan fingerprint density at radius 3 is 2.16 bits per heavy atom. The molecule has 1 rings (SSSR count). The zero-order valence-corrected chi connectivity index (χ0v) is 11.9. The number of rotatable bonds is 9. The lowest BCUT2D eigenvalue weighted by molar-refractivity contribution is -0.138. The third-order valence-corrected chi connectivity index (χ3v) is 3.23. The van der Waals surface area contributed by atoms with Gasteiger partial charge in [0.15, 0.2) is 0 Å². The van der Waals surface area contributed by atoms with Crippen LogP contribution in [0, 0.1) is 0 Å². The predicted octanol–water partition coefficient (Wildman–Crippen LogP) is 1.91. The monoisotopic (exact) mass is 264 g/mol. The van der Waals surface area contributed by atoms with Crippen molar-refractivity contribution in [1.29, 1.82) is 0 Å². The summed E-state index contributed by atoms with van der Waals surface area (Å²) in [6.07, 6.45) is 0. The first-order valence-electron chi connectivity index (χ1n) is 6.86. The normalized spacial score (nSPS) is 11.2. The molecular weight excluding hydrogens is 240 g/mol. The SMILES string of the molecule is CCN(CC)CCN(CC(=O)O)Cc1ccccc1. The van der Waals surface area contributed by atoms with Crippen LogP contribution < -0.4 is 0 Å². The van der Waals surface area contributed by atoms with Crippen LogP contribution in [0.1, 0.15) is 19.4 Å². The van der Waals surface area contributed by atoms with E-state index < -0.39 is 5.97 Å². The quantitative estimate of drug-likeness (QED) is 0.740. The minimum Gasteiger partial charge on any atom is -0.480 e. The third-order valence-electron chi connectivity index (χ3n) is 3.23. The Balaban J connectivity index is 2.54. The summed E-state index contributed by atoms with van der Waals surface area (Å²) in [5.41, 5.74) is 1.16. The molecule has 4 heteroatoms. The summed E-state index contributed by atoms with van der Waals surface area (Å²) in [6.45, 7) is 8.73. The molecule has 0 spiro atoms. The molecule has 1 aromatic rings. The van der Waals surface area contributed by atoms with Gasteiger partial charge >= 0.3 is 5.97 Å². The van der Waals surface area contributed by atoms with Crippen molar-refractivity contribution in [3.05, 3.63) is 35.9 Å². The Bertz CT molecular complexity index is 364. The molecule has 4 nitrogen and oxygen atoms in total. The van der Waals surface area contributed by atoms with Crippen LogP contribution in [0.5, 0.6) is 0 Å². The molecule has 0 atom stereocenters. The van der Waals surface area contributed by atoms with E-state index in [1.165, 1.54) is 0 Å². The second-order valence-corrected chi connectivity index (χ2v) is 4.62. The Hall–Kier alpha value is -1.39. The highest BCUT2D eigenvalue weighted by Gasteiger charge is 2.11. The number of carboxylic acid groups (broad SMARTS) is 1. The highest BCUT2D eigenvalue weighted by atomic mass is 16.4. The van der Waals surface area contributed by atoms with Gasteiger partial charge < -0.3 is 10.0 Å². The lowest BCUT2D eigenvalue weighted by Gasteiger charge is -2.25. The van der Waals surface area contributed by atoms with Gasteiger partial charge in [-0.15, -0.1) is 0 Å². The predicted molar refractivity (Wildman–Crippen MR) is 77.1 cm³/mol. The fourth-order valence-electron chi connectivity index (χ4n) is 2.07. The molecule has 0 amide bonds. The average Bonchev–Trinajstić information content (AvgIpc) is 2.40. The van der Waals surface area contributed by atoms with E-state index in [-0.39, 0.29) is 6.54 Å². The van der Waals surface area contributed by atoms with Gasteiger partial charge in [0, 0.05) is 19.6 Å². The molecular formula is C15H24N2O2. The van der Waals surface area contributed by atoms with E-state index in [4.69, 9.17) is 5.11 Å². The largest absolute Gasteiger partial charge is 0.480 e. The maximum absolute atomic E-state index is 10.9. The van der Waals surface area contributed by atoms with E-state index in [1.54, 1.807) is 0 Å². The molecule has 0 saturated heterocycles. The molecule has 1 aromatic carbocycles. The third kappa shape index (κ3) is 6.36. The number of carbonyl (C=O) groups is 1. The van der Waals surface area contributed by atoms with Crippen molar-refractivity contribution in [2.24, 2.45) is 0 Å². The van der Waals surface area contributed by atoms with Gasteiger partial charge in [-0.05, 0) is 18.7 Å². The number of hydrogen-bond donors (Lipinski definition) is 1. The van der Waals surface area contributed by atoms with Crippen LogP contribution in [0.2, 0.25) is 0 Å². The van der Waals surface area contributed by atoms with Gasteiger partial charge in [0.25, 0.3) is 0 Å². The first-order chi connectivity index (χ1) is 9.15. The van der Waals surface area contributed by atoms with Gasteiger partial charge in [-0.1, -0.05) is 44.2 Å². The molecule has 0 aliphatic carbocycles. The van der Waals surface area contributed by atoms with Crippen LogP contribution in [-0.4, -0.2) is 53.6 Å². The summed E-state index contributed by atoms with van der Waals surface area (Å²) in [5.74, 6) is -0.768. The maximum atomic E-state index is 10.9. The number of benzene rings is 1. The Morgan fingerprint density at radius 2 is 1.63 bits per heavy atom. The van der Waals surface area contributed by atoms with Crippen molar-refractivity contribution in [2.45, 2.75) is 20.4 Å². The topological polar surface area (TPSA) is 43.8 Å². The molecule has 0 heterocycles. The van der Waals surface area contributed by atoms with Crippen molar-refractivity contribution in [3.63, 3.8) is 0 Å². The standard InChI is InChI=1S/C15H24N2O2/c1-3-16(4-2)10-11-17(13-15(18)19)12-14-8-6-5-7-9-14/h5-9H,3-4,10-13H2,1-2H3,(H,18,19). The highest BCUT2D eigenvalue weighted by Crippen LogP contribution is 2.04. The first kappa shape index (κ1) is 15.7. The van der Waals surface area contributed by atoms with Gasteiger partial charge in [-0.25, -0.2) is 0 Å². The minimum atomic E-state index is -0.768. The second-order valence-electron chi connectivity index (χ2n) is 4.62. The van der Waals surface area contributed by atoms with Crippen LogP contribution in [0.3, 0.4) is 0 Å². The zero-order valence-electron chi connectivity index (χ0n) is 11.9. The fraction of sp³-hybridized carbons (Fsp3) is 0.533. The summed E-state index contributed by atoms with van der Waals surface area (Å²) in [6, 6.07) is 10.0. The Labute approximate surface area is 115 Å². The highest BCUT2D eigenvalue weighted by molar-refractivity contribution is 5.69. The van der Waals surface area contributed by atoms with Crippen LogP contribution in [-0.2, 0) is 11.3 Å². The van der Waals surface area contributed by atoms with E-state index in [9.17, 15) is 4.79 Å². The number of likely N-dealkylation sites (N-methyl/N-ethyl adjacent to an activating group) is 1. The molecule has 0 bridgehead atoms. The number of hydrogen-bond acceptors (Lipinski definition) is 3. The van der Waals surface area contributed by atoms with Crippen LogP contribution in [0.15, 0.2) is 30.3 Å². The second kappa shape index (κ2) is 8.67. The number of nitrogens with zero attached hydrogens (tertiary/aromatic N) is 2. The number of aliphatic carboxylic acids is 1. The summed E-state index contributed by atoms with van der Waals surface area (Å²) >= 11 is 0. The van der Waals surface area contributed by atoms with Gasteiger partial charge in [0.2, 0.25) is 0 Å². The summed E-state index contributed by atoms with van der Waals surface area (Å²) in [5, 5.41) is 8.99. The molecule has 0 aliphatic heterocycles. The first-order valence-corrected chi connectivity index (χ1v) is 6.86. The fourth-order valence-corrected chi connectivity index (χ4v) is 2.07. The van der Waals surface area contributed by atoms with Crippen molar-refractivity contribution < 1.29 is 9.90 Å². The van der Waals surface area contributed by atoms with Crippen molar-refractivity contribution in [2.75, 3.05) is 32.7 Å². The van der Waals surface area contributed by atoms with Crippen molar-refractivity contribution in [3.8, 4) is 0 Å². The van der Waals surface area contributed by atoms with Gasteiger partial charge in [0.05, 0.1) is 6.54 Å². The van der Waals surface area contributed by atoms with Gasteiger partial charge in [-0.3, -0.25) is 9.69 Å². The van der Waals surface area contributed by atoms with E-state index in [1.807, 2.05) is 35.2 Å². The Kier molecular flexibility index (Phi) is 7.15.